The Morgan fingerprint density at radius 3 is 2.06 bits per heavy atom. The topological polar surface area (TPSA) is 29.1 Å². The molecule has 0 saturated carbocycles. The number of carbonyl (C=O) groups is 1. The highest BCUT2D eigenvalue weighted by atomic mass is 16.1. The van der Waals surface area contributed by atoms with E-state index in [4.69, 9.17) is 0 Å². The molecule has 1 amide bonds. The van der Waals surface area contributed by atoms with Crippen LogP contribution < -0.4 is 5.32 Å². The van der Waals surface area contributed by atoms with Gasteiger partial charge in [-0.3, -0.25) is 4.79 Å². The van der Waals surface area contributed by atoms with Crippen molar-refractivity contribution in [1.29, 1.82) is 0 Å². The summed E-state index contributed by atoms with van der Waals surface area (Å²) in [5, 5.41) is 2.90. The lowest BCUT2D eigenvalue weighted by atomic mass is 9.91. The number of rotatable bonds is 8. The van der Waals surface area contributed by atoms with Crippen LogP contribution >= 0.6 is 0 Å². The predicted octanol–water partition coefficient (Wildman–Crippen LogP) is 2.19. The highest BCUT2D eigenvalue weighted by Gasteiger charge is 2.31. The van der Waals surface area contributed by atoms with Crippen molar-refractivity contribution in [3.8, 4) is 0 Å². The minimum atomic E-state index is -0.0827. The number of nitrogens with one attached hydrogen (secondary N) is 1. The highest BCUT2D eigenvalue weighted by molar-refractivity contribution is 5.86. The van der Waals surface area contributed by atoms with Gasteiger partial charge in [-0.1, -0.05) is 20.4 Å². The number of hydrogen-bond acceptors (Lipinski definition) is 1. The van der Waals surface area contributed by atoms with Crippen molar-refractivity contribution in [3.63, 3.8) is 0 Å². The Kier molecular flexibility index (Phi) is 6.46. The Hall–Kier alpha value is -0.830. The fourth-order valence-corrected chi connectivity index (χ4v) is 2.37. The number of quaternary nitrogens is 1. The van der Waals surface area contributed by atoms with Gasteiger partial charge in [-0.25, -0.2) is 0 Å². The molecular weight excluding hydrogens is 212 g/mol. The van der Waals surface area contributed by atoms with Gasteiger partial charge in [0.2, 0.25) is 5.91 Å². The van der Waals surface area contributed by atoms with E-state index in [1.165, 1.54) is 6.08 Å². The molecule has 0 spiro atoms. The van der Waals surface area contributed by atoms with Gasteiger partial charge in [0.15, 0.2) is 0 Å². The van der Waals surface area contributed by atoms with Crippen molar-refractivity contribution in [2.45, 2.75) is 34.6 Å². The summed E-state index contributed by atoms with van der Waals surface area (Å²) in [4.78, 5) is 11.2. The number of amides is 1. The van der Waals surface area contributed by atoms with Crippen LogP contribution in [-0.2, 0) is 4.79 Å². The maximum atomic E-state index is 11.2. The summed E-state index contributed by atoms with van der Waals surface area (Å²) in [7, 11) is 0. The molecule has 0 atom stereocenters. The van der Waals surface area contributed by atoms with Gasteiger partial charge in [0.1, 0.15) is 0 Å². The molecule has 0 aliphatic rings. The molecular formula is C14H29N2O+. The number of nitrogens with zero attached hydrogens (tertiary/aromatic N) is 1. The van der Waals surface area contributed by atoms with E-state index in [1.54, 1.807) is 0 Å². The van der Waals surface area contributed by atoms with E-state index in [0.29, 0.717) is 6.54 Å². The maximum absolute atomic E-state index is 11.2. The molecule has 3 nitrogen and oxygen atoms in total. The monoisotopic (exact) mass is 241 g/mol. The van der Waals surface area contributed by atoms with Crippen molar-refractivity contribution in [3.05, 3.63) is 12.7 Å². The molecule has 0 aromatic heterocycles. The van der Waals surface area contributed by atoms with Crippen molar-refractivity contribution < 1.29 is 9.28 Å². The molecule has 17 heavy (non-hydrogen) atoms. The molecule has 100 valence electrons. The van der Waals surface area contributed by atoms with Gasteiger partial charge >= 0.3 is 0 Å². The first kappa shape index (κ1) is 16.2. The lowest BCUT2D eigenvalue weighted by Crippen LogP contribution is -2.54. The van der Waals surface area contributed by atoms with E-state index in [9.17, 15) is 4.79 Å². The van der Waals surface area contributed by atoms with Gasteiger partial charge < -0.3 is 9.80 Å². The summed E-state index contributed by atoms with van der Waals surface area (Å²) < 4.78 is 1.11. The van der Waals surface area contributed by atoms with Crippen molar-refractivity contribution in [2.24, 2.45) is 5.41 Å². The second kappa shape index (κ2) is 6.80. The average Bonchev–Trinajstić information content (AvgIpc) is 2.33. The first-order chi connectivity index (χ1) is 7.84. The average molecular weight is 241 g/mol. The summed E-state index contributed by atoms with van der Waals surface area (Å²) in [5.74, 6) is -0.0827. The van der Waals surface area contributed by atoms with Crippen LogP contribution in [0.1, 0.15) is 34.6 Å². The normalized spacial score (nSPS) is 12.3. The Labute approximate surface area is 106 Å². The fraction of sp³-hybridized carbons (Fsp3) is 0.786. The highest BCUT2D eigenvalue weighted by Crippen LogP contribution is 2.21. The van der Waals surface area contributed by atoms with Crippen molar-refractivity contribution >= 4 is 5.91 Å². The smallest absolute Gasteiger partial charge is 0.243 e. The molecule has 0 aliphatic carbocycles. The molecule has 0 fully saturated rings. The van der Waals surface area contributed by atoms with Gasteiger partial charge in [0, 0.05) is 12.0 Å². The van der Waals surface area contributed by atoms with E-state index in [-0.39, 0.29) is 11.3 Å². The summed E-state index contributed by atoms with van der Waals surface area (Å²) >= 11 is 0. The quantitative estimate of drug-likeness (QED) is 0.512. The molecule has 0 unspecified atom stereocenters. The van der Waals surface area contributed by atoms with Gasteiger partial charge in [-0.2, -0.15) is 0 Å². The van der Waals surface area contributed by atoms with Crippen LogP contribution in [0, 0.1) is 5.41 Å². The molecule has 0 aromatic rings. The second-order valence-corrected chi connectivity index (χ2v) is 5.53. The van der Waals surface area contributed by atoms with Gasteiger partial charge in [-0.15, -0.1) is 0 Å². The molecule has 0 saturated heterocycles. The third kappa shape index (κ3) is 5.35. The molecule has 0 aliphatic heterocycles. The molecule has 0 rings (SSSR count). The number of hydrogen-bond donors (Lipinski definition) is 1. The first-order valence-electron chi connectivity index (χ1n) is 6.60. The molecule has 0 aromatic carbocycles. The zero-order chi connectivity index (χ0) is 13.5. The van der Waals surface area contributed by atoms with E-state index >= 15 is 0 Å². The van der Waals surface area contributed by atoms with E-state index in [0.717, 1.165) is 30.7 Å². The minimum absolute atomic E-state index is 0.0827. The van der Waals surface area contributed by atoms with Crippen LogP contribution in [0.15, 0.2) is 12.7 Å². The Morgan fingerprint density at radius 1 is 1.24 bits per heavy atom. The summed E-state index contributed by atoms with van der Waals surface area (Å²) in [6.07, 6.45) is 1.33. The van der Waals surface area contributed by atoms with Crippen molar-refractivity contribution in [2.75, 3.05) is 32.7 Å². The van der Waals surface area contributed by atoms with Gasteiger partial charge in [0.25, 0.3) is 0 Å². The lowest BCUT2D eigenvalue weighted by molar-refractivity contribution is -0.928. The standard InChI is InChI=1S/C14H28N2O/c1-7-13(17)15-11-14(5,6)12-16(8-2,9-3)10-4/h7H,1,8-12H2,2-6H3/p+1. The molecule has 0 bridgehead atoms. The zero-order valence-corrected chi connectivity index (χ0v) is 12.2. The van der Waals surface area contributed by atoms with Crippen LogP contribution in [0.25, 0.3) is 0 Å². The van der Waals surface area contributed by atoms with Crippen LogP contribution in [0.2, 0.25) is 0 Å². The van der Waals surface area contributed by atoms with Crippen molar-refractivity contribution in [1.82, 2.24) is 5.32 Å². The maximum Gasteiger partial charge on any atom is 0.243 e. The molecule has 3 heteroatoms. The summed E-state index contributed by atoms with van der Waals surface area (Å²) in [6.45, 7) is 19.8. The van der Waals surface area contributed by atoms with Crippen LogP contribution in [0.5, 0.6) is 0 Å². The number of carbonyl (C=O) groups excluding carboxylic acids is 1. The fourth-order valence-electron chi connectivity index (χ4n) is 2.37. The van der Waals surface area contributed by atoms with Crippen LogP contribution in [0.3, 0.4) is 0 Å². The molecule has 1 N–H and O–H groups in total. The third-order valence-electron chi connectivity index (χ3n) is 3.70. The summed E-state index contributed by atoms with van der Waals surface area (Å²) in [6, 6.07) is 0. The van der Waals surface area contributed by atoms with Gasteiger partial charge in [-0.05, 0) is 26.8 Å². The minimum Gasteiger partial charge on any atom is -0.352 e. The van der Waals surface area contributed by atoms with Crippen LogP contribution in [-0.4, -0.2) is 43.1 Å². The van der Waals surface area contributed by atoms with Gasteiger partial charge in [0.05, 0.1) is 26.2 Å². The Balaban J connectivity index is 4.49. The zero-order valence-electron chi connectivity index (χ0n) is 12.2. The van der Waals surface area contributed by atoms with E-state index in [2.05, 4.69) is 46.5 Å². The Bertz CT molecular complexity index is 247. The molecule has 0 radical (unpaired) electrons. The predicted molar refractivity (Wildman–Crippen MR) is 73.7 cm³/mol. The second-order valence-electron chi connectivity index (χ2n) is 5.53. The first-order valence-corrected chi connectivity index (χ1v) is 6.60. The summed E-state index contributed by atoms with van der Waals surface area (Å²) in [5.41, 5.74) is 0.112. The van der Waals surface area contributed by atoms with E-state index in [1.807, 2.05) is 0 Å². The molecule has 0 heterocycles. The largest absolute Gasteiger partial charge is 0.352 e. The van der Waals surface area contributed by atoms with Crippen LogP contribution in [0.4, 0.5) is 0 Å². The SMILES string of the molecule is C=CC(=O)NCC(C)(C)C[N+](CC)(CC)CC. The lowest BCUT2D eigenvalue weighted by Gasteiger charge is -2.41. The Morgan fingerprint density at radius 2 is 1.71 bits per heavy atom. The third-order valence-corrected chi connectivity index (χ3v) is 3.70. The van der Waals surface area contributed by atoms with E-state index < -0.39 is 0 Å².